The van der Waals surface area contributed by atoms with Crippen molar-refractivity contribution in [3.63, 3.8) is 0 Å². The molecule has 0 aliphatic rings. The van der Waals surface area contributed by atoms with Gasteiger partial charge in [0.05, 0.1) is 17.3 Å². The number of nitrogens with one attached hydrogen (secondary N) is 2. The highest BCUT2D eigenvalue weighted by Gasteiger charge is 2.13. The van der Waals surface area contributed by atoms with Gasteiger partial charge in [0.15, 0.2) is 0 Å². The van der Waals surface area contributed by atoms with E-state index in [0.717, 1.165) is 5.56 Å². The molecule has 106 valence electrons. The summed E-state index contributed by atoms with van der Waals surface area (Å²) in [6.45, 7) is 2.42. The van der Waals surface area contributed by atoms with E-state index in [1.165, 1.54) is 0 Å². The molecular formula is C17H17N3O. The lowest BCUT2D eigenvalue weighted by atomic mass is 10.2. The van der Waals surface area contributed by atoms with Crippen LogP contribution < -0.4 is 10.6 Å². The highest BCUT2D eigenvalue weighted by atomic mass is 16.2. The second kappa shape index (κ2) is 7.22. The van der Waals surface area contributed by atoms with Crippen molar-refractivity contribution in [3.05, 3.63) is 65.7 Å². The van der Waals surface area contributed by atoms with Crippen LogP contribution in [-0.4, -0.2) is 11.9 Å². The van der Waals surface area contributed by atoms with Gasteiger partial charge in [-0.1, -0.05) is 42.5 Å². The van der Waals surface area contributed by atoms with Gasteiger partial charge in [-0.2, -0.15) is 5.26 Å². The molecular weight excluding hydrogens is 262 g/mol. The van der Waals surface area contributed by atoms with Crippen LogP contribution in [0, 0.1) is 11.3 Å². The highest BCUT2D eigenvalue weighted by molar-refractivity contribution is 5.95. The van der Waals surface area contributed by atoms with Crippen molar-refractivity contribution in [2.45, 2.75) is 19.5 Å². The molecule has 0 saturated heterocycles. The molecule has 0 unspecified atom stereocenters. The highest BCUT2D eigenvalue weighted by Crippen LogP contribution is 2.13. The summed E-state index contributed by atoms with van der Waals surface area (Å²) in [4.78, 5) is 12.1. The molecule has 2 aromatic rings. The standard InChI is InChI=1S/C17H17N3O/c1-13(19-12-14-7-3-2-4-8-14)17(21)20-16-10-6-5-9-15(16)11-18/h2-10,13,19H,12H2,1H3,(H,20,21)/t13-/m0/s1. The van der Waals surface area contributed by atoms with E-state index in [4.69, 9.17) is 5.26 Å². The van der Waals surface area contributed by atoms with E-state index in [1.54, 1.807) is 31.2 Å². The molecule has 0 fully saturated rings. The molecule has 1 amide bonds. The molecule has 0 bridgehead atoms. The number of anilines is 1. The van der Waals surface area contributed by atoms with Gasteiger partial charge in [0.1, 0.15) is 6.07 Å². The number of benzene rings is 2. The number of carbonyl (C=O) groups is 1. The molecule has 2 N–H and O–H groups in total. The van der Waals surface area contributed by atoms with Gasteiger partial charge < -0.3 is 10.6 Å². The van der Waals surface area contributed by atoms with E-state index in [0.29, 0.717) is 17.8 Å². The average Bonchev–Trinajstić information content (AvgIpc) is 2.54. The Kier molecular flexibility index (Phi) is 5.08. The lowest BCUT2D eigenvalue weighted by Gasteiger charge is -2.14. The van der Waals surface area contributed by atoms with E-state index in [9.17, 15) is 4.79 Å². The molecule has 2 rings (SSSR count). The molecule has 0 aliphatic heterocycles. The molecule has 0 spiro atoms. The molecule has 0 heterocycles. The zero-order valence-electron chi connectivity index (χ0n) is 11.8. The summed E-state index contributed by atoms with van der Waals surface area (Å²) in [5.41, 5.74) is 2.12. The first-order valence-electron chi connectivity index (χ1n) is 6.78. The van der Waals surface area contributed by atoms with Crippen LogP contribution in [0.2, 0.25) is 0 Å². The third-order valence-corrected chi connectivity index (χ3v) is 3.15. The SMILES string of the molecule is C[C@H](NCc1ccccc1)C(=O)Nc1ccccc1C#N. The zero-order chi connectivity index (χ0) is 15.1. The van der Waals surface area contributed by atoms with Crippen LogP contribution in [0.15, 0.2) is 54.6 Å². The third-order valence-electron chi connectivity index (χ3n) is 3.15. The first-order chi connectivity index (χ1) is 10.2. The topological polar surface area (TPSA) is 64.9 Å². The Bertz CT molecular complexity index is 647. The van der Waals surface area contributed by atoms with Crippen molar-refractivity contribution < 1.29 is 4.79 Å². The Labute approximate surface area is 124 Å². The minimum atomic E-state index is -0.350. The summed E-state index contributed by atoms with van der Waals surface area (Å²) in [7, 11) is 0. The fourth-order valence-electron chi connectivity index (χ4n) is 1.89. The van der Waals surface area contributed by atoms with Crippen LogP contribution >= 0.6 is 0 Å². The largest absolute Gasteiger partial charge is 0.324 e. The van der Waals surface area contributed by atoms with Crippen molar-refractivity contribution in [1.82, 2.24) is 5.32 Å². The van der Waals surface area contributed by atoms with Crippen molar-refractivity contribution in [1.29, 1.82) is 5.26 Å². The molecule has 0 saturated carbocycles. The van der Waals surface area contributed by atoms with Gasteiger partial charge in [-0.15, -0.1) is 0 Å². The number of hydrogen-bond acceptors (Lipinski definition) is 3. The van der Waals surface area contributed by atoms with Gasteiger partial charge in [-0.05, 0) is 24.6 Å². The Balaban J connectivity index is 1.92. The molecule has 4 heteroatoms. The Morgan fingerprint density at radius 3 is 2.52 bits per heavy atom. The lowest BCUT2D eigenvalue weighted by Crippen LogP contribution is -2.37. The van der Waals surface area contributed by atoms with E-state index < -0.39 is 0 Å². The van der Waals surface area contributed by atoms with Crippen molar-refractivity contribution in [2.75, 3.05) is 5.32 Å². The number of rotatable bonds is 5. The Morgan fingerprint density at radius 2 is 1.81 bits per heavy atom. The van der Waals surface area contributed by atoms with E-state index >= 15 is 0 Å². The smallest absolute Gasteiger partial charge is 0.241 e. The fourth-order valence-corrected chi connectivity index (χ4v) is 1.89. The molecule has 21 heavy (non-hydrogen) atoms. The molecule has 0 radical (unpaired) electrons. The summed E-state index contributed by atoms with van der Waals surface area (Å²) >= 11 is 0. The Morgan fingerprint density at radius 1 is 1.14 bits per heavy atom. The van der Waals surface area contributed by atoms with Crippen LogP contribution in [0.1, 0.15) is 18.1 Å². The number of nitriles is 1. The van der Waals surface area contributed by atoms with Crippen LogP contribution in [0.5, 0.6) is 0 Å². The molecule has 0 aromatic heterocycles. The minimum absolute atomic E-state index is 0.159. The fraction of sp³-hybridized carbons (Fsp3) is 0.176. The van der Waals surface area contributed by atoms with Crippen LogP contribution in [0.4, 0.5) is 5.69 Å². The monoisotopic (exact) mass is 279 g/mol. The average molecular weight is 279 g/mol. The van der Waals surface area contributed by atoms with E-state index in [2.05, 4.69) is 16.7 Å². The van der Waals surface area contributed by atoms with Gasteiger partial charge in [-0.3, -0.25) is 4.79 Å². The van der Waals surface area contributed by atoms with Gasteiger partial charge in [-0.25, -0.2) is 0 Å². The molecule has 1 atom stereocenters. The Hall–Kier alpha value is -2.64. The van der Waals surface area contributed by atoms with Gasteiger partial charge in [0.25, 0.3) is 0 Å². The van der Waals surface area contributed by atoms with Crippen molar-refractivity contribution in [2.24, 2.45) is 0 Å². The molecule has 0 aliphatic carbocycles. The molecule has 2 aromatic carbocycles. The van der Waals surface area contributed by atoms with Crippen LogP contribution in [0.25, 0.3) is 0 Å². The quantitative estimate of drug-likeness (QED) is 0.884. The zero-order valence-corrected chi connectivity index (χ0v) is 11.8. The lowest BCUT2D eigenvalue weighted by molar-refractivity contribution is -0.117. The summed E-state index contributed by atoms with van der Waals surface area (Å²) < 4.78 is 0. The summed E-state index contributed by atoms with van der Waals surface area (Å²) in [5.74, 6) is -0.159. The third kappa shape index (κ3) is 4.16. The number of para-hydroxylation sites is 1. The first kappa shape index (κ1) is 14.8. The van der Waals surface area contributed by atoms with E-state index in [1.807, 2.05) is 30.3 Å². The number of nitrogens with zero attached hydrogens (tertiary/aromatic N) is 1. The van der Waals surface area contributed by atoms with Gasteiger partial charge in [0.2, 0.25) is 5.91 Å². The number of hydrogen-bond donors (Lipinski definition) is 2. The maximum Gasteiger partial charge on any atom is 0.241 e. The second-order valence-corrected chi connectivity index (χ2v) is 4.73. The number of amides is 1. The number of carbonyl (C=O) groups excluding carboxylic acids is 1. The van der Waals surface area contributed by atoms with Crippen LogP contribution in [0.3, 0.4) is 0 Å². The maximum atomic E-state index is 12.1. The summed E-state index contributed by atoms with van der Waals surface area (Å²) in [6.07, 6.45) is 0. The summed E-state index contributed by atoms with van der Waals surface area (Å²) in [6, 6.07) is 18.6. The van der Waals surface area contributed by atoms with Crippen LogP contribution in [-0.2, 0) is 11.3 Å². The normalized spacial score (nSPS) is 11.4. The summed E-state index contributed by atoms with van der Waals surface area (Å²) in [5, 5.41) is 14.9. The first-order valence-corrected chi connectivity index (χ1v) is 6.78. The van der Waals surface area contributed by atoms with Gasteiger partial charge >= 0.3 is 0 Å². The van der Waals surface area contributed by atoms with Gasteiger partial charge in [0, 0.05) is 6.54 Å². The van der Waals surface area contributed by atoms with E-state index in [-0.39, 0.29) is 11.9 Å². The predicted molar refractivity (Wildman–Crippen MR) is 82.5 cm³/mol. The minimum Gasteiger partial charge on any atom is -0.324 e. The van der Waals surface area contributed by atoms with Crippen molar-refractivity contribution >= 4 is 11.6 Å². The van der Waals surface area contributed by atoms with Crippen molar-refractivity contribution in [3.8, 4) is 6.07 Å². The molecule has 4 nitrogen and oxygen atoms in total. The predicted octanol–water partition coefficient (Wildman–Crippen LogP) is 2.68. The maximum absolute atomic E-state index is 12.1. The second-order valence-electron chi connectivity index (χ2n) is 4.73.